The van der Waals surface area contributed by atoms with Crippen molar-refractivity contribution in [3.05, 3.63) is 36.5 Å². The van der Waals surface area contributed by atoms with Gasteiger partial charge in [-0.15, -0.1) is 0 Å². The fourth-order valence-electron chi connectivity index (χ4n) is 2.55. The summed E-state index contributed by atoms with van der Waals surface area (Å²) in [4.78, 5) is 11.0. The van der Waals surface area contributed by atoms with Crippen LogP contribution in [0.15, 0.2) is 36.5 Å². The maximum Gasteiger partial charge on any atom is 0.330 e. The van der Waals surface area contributed by atoms with Crippen LogP contribution in [0, 0.1) is 0 Å². The molecule has 0 saturated carbocycles. The second-order valence-corrected chi connectivity index (χ2v) is 6.25. The van der Waals surface area contributed by atoms with Gasteiger partial charge in [0.25, 0.3) is 0 Å². The summed E-state index contributed by atoms with van der Waals surface area (Å²) in [6, 6.07) is 0. The Morgan fingerprint density at radius 1 is 0.708 bits per heavy atom. The average molecular weight is 335 g/mol. The van der Waals surface area contributed by atoms with Crippen molar-refractivity contribution in [3.8, 4) is 0 Å². The Bertz CT molecular complexity index is 353. The van der Waals surface area contributed by atoms with E-state index in [-0.39, 0.29) is 5.97 Å². The Kier molecular flexibility index (Phi) is 18.7. The van der Waals surface area contributed by atoms with E-state index in [1.165, 1.54) is 76.7 Å². The van der Waals surface area contributed by atoms with E-state index >= 15 is 0 Å². The van der Waals surface area contributed by atoms with E-state index in [4.69, 9.17) is 4.74 Å². The smallest absolute Gasteiger partial charge is 0.330 e. The van der Waals surface area contributed by atoms with E-state index in [0.29, 0.717) is 6.61 Å². The van der Waals surface area contributed by atoms with Crippen molar-refractivity contribution < 1.29 is 9.53 Å². The first kappa shape index (κ1) is 22.7. The third-order valence-corrected chi connectivity index (χ3v) is 3.96. The van der Waals surface area contributed by atoms with Gasteiger partial charge in [0.05, 0.1) is 6.61 Å². The van der Waals surface area contributed by atoms with Gasteiger partial charge in [0, 0.05) is 6.08 Å². The third kappa shape index (κ3) is 18.7. The SMILES string of the molecule is CCCCCCCCCCCCCC=CC=CC=CC(=O)OCC. The van der Waals surface area contributed by atoms with E-state index in [0.717, 1.165) is 6.42 Å². The highest BCUT2D eigenvalue weighted by Gasteiger charge is 1.92. The van der Waals surface area contributed by atoms with Gasteiger partial charge in [0.15, 0.2) is 0 Å². The van der Waals surface area contributed by atoms with Crippen molar-refractivity contribution in [1.82, 2.24) is 0 Å². The van der Waals surface area contributed by atoms with Crippen molar-refractivity contribution >= 4 is 5.97 Å². The number of carbonyl (C=O) groups excluding carboxylic acids is 1. The topological polar surface area (TPSA) is 26.3 Å². The summed E-state index contributed by atoms with van der Waals surface area (Å²) in [7, 11) is 0. The van der Waals surface area contributed by atoms with Gasteiger partial charge in [0.1, 0.15) is 0 Å². The van der Waals surface area contributed by atoms with Crippen LogP contribution in [-0.4, -0.2) is 12.6 Å². The molecule has 2 nitrogen and oxygen atoms in total. The number of esters is 1. The minimum absolute atomic E-state index is 0.285. The van der Waals surface area contributed by atoms with E-state index in [1.807, 2.05) is 18.2 Å². The lowest BCUT2D eigenvalue weighted by Gasteiger charge is -2.01. The van der Waals surface area contributed by atoms with Crippen molar-refractivity contribution in [2.24, 2.45) is 0 Å². The minimum Gasteiger partial charge on any atom is -0.463 e. The van der Waals surface area contributed by atoms with Crippen LogP contribution in [0.4, 0.5) is 0 Å². The number of hydrogen-bond donors (Lipinski definition) is 0. The van der Waals surface area contributed by atoms with E-state index in [1.54, 1.807) is 13.0 Å². The number of carbonyl (C=O) groups is 1. The molecule has 0 heterocycles. The maximum absolute atomic E-state index is 11.0. The van der Waals surface area contributed by atoms with Crippen molar-refractivity contribution in [2.45, 2.75) is 90.9 Å². The lowest BCUT2D eigenvalue weighted by atomic mass is 10.1. The molecule has 0 fully saturated rings. The Morgan fingerprint density at radius 3 is 1.83 bits per heavy atom. The van der Waals surface area contributed by atoms with Gasteiger partial charge in [-0.05, 0) is 19.8 Å². The fourth-order valence-corrected chi connectivity index (χ4v) is 2.55. The van der Waals surface area contributed by atoms with Crippen molar-refractivity contribution in [1.29, 1.82) is 0 Å². The molecular weight excluding hydrogens is 296 g/mol. The Hall–Kier alpha value is -1.31. The Balaban J connectivity index is 3.30. The van der Waals surface area contributed by atoms with Gasteiger partial charge in [-0.2, -0.15) is 0 Å². The molecule has 0 unspecified atom stereocenters. The highest BCUT2D eigenvalue weighted by Crippen LogP contribution is 2.11. The number of allylic oxidation sites excluding steroid dienone is 5. The van der Waals surface area contributed by atoms with Crippen LogP contribution in [0.1, 0.15) is 90.9 Å². The molecule has 0 spiro atoms. The van der Waals surface area contributed by atoms with Gasteiger partial charge in [-0.25, -0.2) is 4.79 Å². The van der Waals surface area contributed by atoms with E-state index in [2.05, 4.69) is 13.0 Å². The first-order valence-corrected chi connectivity index (χ1v) is 9.97. The summed E-state index contributed by atoms with van der Waals surface area (Å²) in [6.07, 6.45) is 27.6. The quantitative estimate of drug-likeness (QED) is 0.132. The molecule has 0 saturated heterocycles. The summed E-state index contributed by atoms with van der Waals surface area (Å²) in [5.74, 6) is -0.285. The van der Waals surface area contributed by atoms with Gasteiger partial charge in [-0.1, -0.05) is 102 Å². The molecule has 24 heavy (non-hydrogen) atoms. The predicted octanol–water partition coefficient (Wildman–Crippen LogP) is 6.92. The van der Waals surface area contributed by atoms with Crippen LogP contribution >= 0.6 is 0 Å². The largest absolute Gasteiger partial charge is 0.463 e. The second-order valence-electron chi connectivity index (χ2n) is 6.25. The molecule has 0 aliphatic carbocycles. The summed E-state index contributed by atoms with van der Waals surface area (Å²) in [5, 5.41) is 0. The van der Waals surface area contributed by atoms with Crippen molar-refractivity contribution in [2.75, 3.05) is 6.61 Å². The first-order chi connectivity index (χ1) is 11.8. The van der Waals surface area contributed by atoms with Gasteiger partial charge >= 0.3 is 5.97 Å². The zero-order chi connectivity index (χ0) is 17.7. The van der Waals surface area contributed by atoms with Gasteiger partial charge in [0.2, 0.25) is 0 Å². The molecule has 2 heteroatoms. The Labute approximate surface area is 150 Å². The summed E-state index contributed by atoms with van der Waals surface area (Å²) in [5.41, 5.74) is 0. The number of rotatable bonds is 16. The maximum atomic E-state index is 11.0. The number of hydrogen-bond acceptors (Lipinski definition) is 2. The van der Waals surface area contributed by atoms with Crippen LogP contribution in [-0.2, 0) is 9.53 Å². The molecule has 0 atom stereocenters. The number of ether oxygens (including phenoxy) is 1. The average Bonchev–Trinajstić information content (AvgIpc) is 2.58. The summed E-state index contributed by atoms with van der Waals surface area (Å²) < 4.78 is 4.79. The highest BCUT2D eigenvalue weighted by molar-refractivity contribution is 5.82. The molecule has 0 radical (unpaired) electrons. The minimum atomic E-state index is -0.285. The van der Waals surface area contributed by atoms with Crippen LogP contribution < -0.4 is 0 Å². The van der Waals surface area contributed by atoms with Gasteiger partial charge < -0.3 is 4.74 Å². The summed E-state index contributed by atoms with van der Waals surface area (Å²) in [6.45, 7) is 4.50. The van der Waals surface area contributed by atoms with Gasteiger partial charge in [-0.3, -0.25) is 0 Å². The molecule has 0 aromatic carbocycles. The van der Waals surface area contributed by atoms with Crippen molar-refractivity contribution in [3.63, 3.8) is 0 Å². The lowest BCUT2D eigenvalue weighted by Crippen LogP contribution is -1.98. The molecule has 0 amide bonds. The third-order valence-electron chi connectivity index (χ3n) is 3.96. The Morgan fingerprint density at radius 2 is 1.25 bits per heavy atom. The van der Waals surface area contributed by atoms with Crippen LogP contribution in [0.2, 0.25) is 0 Å². The van der Waals surface area contributed by atoms with E-state index < -0.39 is 0 Å². The molecule has 0 aliphatic rings. The lowest BCUT2D eigenvalue weighted by molar-refractivity contribution is -0.137. The molecule has 0 N–H and O–H groups in total. The standard InChI is InChI=1S/C22H38O2/c1-3-5-6-7-8-9-10-11-12-13-14-15-16-17-18-19-20-21-22(23)24-4-2/h16-21H,3-15H2,1-2H3. The van der Waals surface area contributed by atoms with E-state index in [9.17, 15) is 4.79 Å². The zero-order valence-electron chi connectivity index (χ0n) is 16.0. The monoisotopic (exact) mass is 334 g/mol. The normalized spacial score (nSPS) is 11.9. The molecule has 0 aromatic rings. The fraction of sp³-hybridized carbons (Fsp3) is 0.682. The molecule has 0 aliphatic heterocycles. The zero-order valence-corrected chi connectivity index (χ0v) is 16.0. The van der Waals surface area contributed by atoms with Crippen LogP contribution in [0.5, 0.6) is 0 Å². The predicted molar refractivity (Wildman–Crippen MR) is 105 cm³/mol. The molecule has 138 valence electrons. The molecular formula is C22H38O2. The van der Waals surface area contributed by atoms with Crippen LogP contribution in [0.3, 0.4) is 0 Å². The molecule has 0 aromatic heterocycles. The number of unbranched alkanes of at least 4 members (excludes halogenated alkanes) is 11. The first-order valence-electron chi connectivity index (χ1n) is 9.97. The second kappa shape index (κ2) is 19.7. The van der Waals surface area contributed by atoms with Crippen LogP contribution in [0.25, 0.3) is 0 Å². The molecule has 0 rings (SSSR count). The highest BCUT2D eigenvalue weighted by atomic mass is 16.5. The molecule has 0 bridgehead atoms. The summed E-state index contributed by atoms with van der Waals surface area (Å²) >= 11 is 0.